The summed E-state index contributed by atoms with van der Waals surface area (Å²) in [4.78, 5) is 14.9. The van der Waals surface area contributed by atoms with E-state index in [0.29, 0.717) is 12.3 Å². The van der Waals surface area contributed by atoms with Gasteiger partial charge in [0.2, 0.25) is 6.73 Å². The number of hydrogen-bond acceptors (Lipinski definition) is 3. The number of quaternary nitrogens is 1. The number of carbonyl (C=O) groups is 1. The Balaban J connectivity index is 1.43. The van der Waals surface area contributed by atoms with E-state index in [1.165, 1.54) is 11.1 Å². The van der Waals surface area contributed by atoms with Gasteiger partial charge in [0.1, 0.15) is 0 Å². The lowest BCUT2D eigenvalue weighted by Crippen LogP contribution is -2.58. The predicted molar refractivity (Wildman–Crippen MR) is 124 cm³/mol. The van der Waals surface area contributed by atoms with E-state index >= 15 is 0 Å². The van der Waals surface area contributed by atoms with Crippen molar-refractivity contribution in [2.45, 2.75) is 6.04 Å². The maximum absolute atomic E-state index is 12.3. The van der Waals surface area contributed by atoms with Gasteiger partial charge in [-0.3, -0.25) is 9.38 Å². The van der Waals surface area contributed by atoms with E-state index in [9.17, 15) is 4.79 Å². The number of likely N-dealkylation sites (N-methyl/N-ethyl adjacent to an activating group) is 1. The van der Waals surface area contributed by atoms with Crippen molar-refractivity contribution in [3.8, 4) is 0 Å². The highest BCUT2D eigenvalue weighted by Gasteiger charge is 2.34. The van der Waals surface area contributed by atoms with Gasteiger partial charge in [-0.2, -0.15) is 0 Å². The molecule has 0 aliphatic carbocycles. The molecule has 1 fully saturated rings. The van der Waals surface area contributed by atoms with Crippen molar-refractivity contribution < 1.29 is 14.0 Å². The van der Waals surface area contributed by atoms with Crippen LogP contribution >= 0.6 is 11.6 Å². The Morgan fingerprint density at radius 3 is 2.06 bits per heavy atom. The van der Waals surface area contributed by atoms with Gasteiger partial charge in [-0.1, -0.05) is 72.3 Å². The highest BCUT2D eigenvalue weighted by molar-refractivity contribution is 6.30. The molecule has 1 heterocycles. The summed E-state index contributed by atoms with van der Waals surface area (Å²) in [6, 6.07) is 28.1. The van der Waals surface area contributed by atoms with Crippen molar-refractivity contribution in [2.24, 2.45) is 0 Å². The van der Waals surface area contributed by atoms with Gasteiger partial charge in [-0.05, 0) is 35.4 Å². The maximum atomic E-state index is 12.3. The Morgan fingerprint density at radius 1 is 0.903 bits per heavy atom. The van der Waals surface area contributed by atoms with E-state index in [4.69, 9.17) is 16.3 Å². The van der Waals surface area contributed by atoms with Gasteiger partial charge in [-0.15, -0.1) is 0 Å². The zero-order chi connectivity index (χ0) is 21.7. The highest BCUT2D eigenvalue weighted by atomic mass is 35.5. The van der Waals surface area contributed by atoms with Gasteiger partial charge >= 0.3 is 5.97 Å². The fourth-order valence-electron chi connectivity index (χ4n) is 4.12. The van der Waals surface area contributed by atoms with Crippen molar-refractivity contribution >= 4 is 17.6 Å². The van der Waals surface area contributed by atoms with Gasteiger partial charge in [0.05, 0.1) is 31.7 Å². The van der Waals surface area contributed by atoms with E-state index in [1.54, 1.807) is 12.1 Å². The molecule has 5 heteroatoms. The lowest BCUT2D eigenvalue weighted by Gasteiger charge is -2.44. The van der Waals surface area contributed by atoms with E-state index in [-0.39, 0.29) is 12.0 Å². The van der Waals surface area contributed by atoms with Crippen molar-refractivity contribution in [1.29, 1.82) is 0 Å². The number of rotatable bonds is 6. The molecule has 0 amide bonds. The number of esters is 1. The minimum absolute atomic E-state index is 0.180. The third-order valence-corrected chi connectivity index (χ3v) is 6.29. The molecule has 4 rings (SSSR count). The third kappa shape index (κ3) is 5.34. The first-order valence-electron chi connectivity index (χ1n) is 10.6. The Hall–Kier alpha value is -2.66. The molecule has 0 aromatic heterocycles. The molecule has 1 unspecified atom stereocenters. The molecular weight excluding hydrogens is 408 g/mol. The summed E-state index contributed by atoms with van der Waals surface area (Å²) in [6.07, 6.45) is 0. The molecule has 4 nitrogen and oxygen atoms in total. The number of hydrogen-bond donors (Lipinski definition) is 0. The molecule has 1 atom stereocenters. The fourth-order valence-corrected chi connectivity index (χ4v) is 4.24. The largest absolute Gasteiger partial charge is 0.411 e. The van der Waals surface area contributed by atoms with Gasteiger partial charge in [0.15, 0.2) is 0 Å². The summed E-state index contributed by atoms with van der Waals surface area (Å²) in [5.41, 5.74) is 3.11. The van der Waals surface area contributed by atoms with Crippen LogP contribution in [0.25, 0.3) is 0 Å². The molecule has 1 saturated heterocycles. The second-order valence-corrected chi connectivity index (χ2v) is 8.83. The monoisotopic (exact) mass is 435 g/mol. The summed E-state index contributed by atoms with van der Waals surface area (Å²) < 4.78 is 6.37. The average Bonchev–Trinajstić information content (AvgIpc) is 2.82. The molecule has 0 N–H and O–H groups in total. The van der Waals surface area contributed by atoms with Crippen LogP contribution in [0.1, 0.15) is 27.5 Å². The summed E-state index contributed by atoms with van der Waals surface area (Å²) >= 11 is 6.13. The van der Waals surface area contributed by atoms with Crippen LogP contribution in [0.5, 0.6) is 0 Å². The van der Waals surface area contributed by atoms with Crippen LogP contribution in [0, 0.1) is 0 Å². The molecule has 0 spiro atoms. The standard InChI is InChI=1S/C26H28ClN2O2/c1-29(20-31-26(30)23-10-6-3-7-11-23)18-16-28(17-19-29)25(21-8-4-2-5-9-21)22-12-14-24(27)15-13-22/h2-15,25H,16-20H2,1H3/q+1. The van der Waals surface area contributed by atoms with E-state index in [1.807, 2.05) is 36.4 Å². The molecule has 3 aromatic rings. The molecule has 3 aromatic carbocycles. The maximum Gasteiger partial charge on any atom is 0.342 e. The smallest absolute Gasteiger partial charge is 0.342 e. The fraction of sp³-hybridized carbons (Fsp3) is 0.269. The number of benzene rings is 3. The van der Waals surface area contributed by atoms with Crippen LogP contribution in [0.2, 0.25) is 5.02 Å². The minimum Gasteiger partial charge on any atom is -0.411 e. The van der Waals surface area contributed by atoms with Crippen LogP contribution < -0.4 is 0 Å². The SMILES string of the molecule is C[N+]1(COC(=O)c2ccccc2)CCN(C(c2ccccc2)c2ccc(Cl)cc2)CC1. The molecule has 0 saturated carbocycles. The van der Waals surface area contributed by atoms with E-state index in [2.05, 4.69) is 48.3 Å². The average molecular weight is 436 g/mol. The van der Waals surface area contributed by atoms with Crippen LogP contribution in [0.15, 0.2) is 84.9 Å². The number of piperazine rings is 1. The van der Waals surface area contributed by atoms with Crippen molar-refractivity contribution in [3.05, 3.63) is 107 Å². The Morgan fingerprint density at radius 2 is 1.45 bits per heavy atom. The van der Waals surface area contributed by atoms with Crippen molar-refractivity contribution in [1.82, 2.24) is 4.90 Å². The first kappa shape index (κ1) is 21.6. The van der Waals surface area contributed by atoms with Gasteiger partial charge in [-0.25, -0.2) is 4.79 Å². The van der Waals surface area contributed by atoms with Crippen LogP contribution in [0.4, 0.5) is 0 Å². The minimum atomic E-state index is -0.259. The van der Waals surface area contributed by atoms with Gasteiger partial charge < -0.3 is 4.74 Å². The molecule has 1 aliphatic rings. The van der Waals surface area contributed by atoms with Gasteiger partial charge in [0, 0.05) is 18.1 Å². The number of carbonyl (C=O) groups excluding carboxylic acids is 1. The van der Waals surface area contributed by atoms with Crippen molar-refractivity contribution in [3.63, 3.8) is 0 Å². The molecule has 0 bridgehead atoms. The second kappa shape index (κ2) is 9.65. The highest BCUT2D eigenvalue weighted by Crippen LogP contribution is 2.31. The molecule has 160 valence electrons. The van der Waals surface area contributed by atoms with E-state index < -0.39 is 0 Å². The number of nitrogens with zero attached hydrogens (tertiary/aromatic N) is 2. The Kier molecular flexibility index (Phi) is 6.71. The number of halogens is 1. The Labute approximate surface area is 189 Å². The predicted octanol–water partition coefficient (Wildman–Crippen LogP) is 5.01. The summed E-state index contributed by atoms with van der Waals surface area (Å²) in [7, 11) is 2.16. The van der Waals surface area contributed by atoms with E-state index in [0.717, 1.165) is 35.7 Å². The molecule has 0 radical (unpaired) electrons. The third-order valence-electron chi connectivity index (χ3n) is 6.04. The molecular formula is C26H28ClN2O2+. The number of ether oxygens (including phenoxy) is 1. The lowest BCUT2D eigenvalue weighted by atomic mass is 9.96. The van der Waals surface area contributed by atoms with Crippen LogP contribution in [0.3, 0.4) is 0 Å². The first-order valence-corrected chi connectivity index (χ1v) is 11.0. The van der Waals surface area contributed by atoms with Crippen molar-refractivity contribution in [2.75, 3.05) is 40.0 Å². The zero-order valence-corrected chi connectivity index (χ0v) is 18.5. The topological polar surface area (TPSA) is 29.5 Å². The normalized spacial score (nSPS) is 17.1. The molecule has 31 heavy (non-hydrogen) atoms. The summed E-state index contributed by atoms with van der Waals surface area (Å²) in [5, 5.41) is 0.749. The zero-order valence-electron chi connectivity index (χ0n) is 17.8. The van der Waals surface area contributed by atoms with Gasteiger partial charge in [0.25, 0.3) is 0 Å². The quantitative estimate of drug-likeness (QED) is 0.403. The Bertz CT molecular complexity index is 985. The lowest BCUT2D eigenvalue weighted by molar-refractivity contribution is -0.929. The summed E-state index contributed by atoms with van der Waals surface area (Å²) in [6.45, 7) is 4.06. The van der Waals surface area contributed by atoms with Crippen LogP contribution in [-0.4, -0.2) is 55.3 Å². The summed E-state index contributed by atoms with van der Waals surface area (Å²) in [5.74, 6) is -0.259. The second-order valence-electron chi connectivity index (χ2n) is 8.39. The molecule has 1 aliphatic heterocycles. The first-order chi connectivity index (χ1) is 15.0. The van der Waals surface area contributed by atoms with Crippen LogP contribution in [-0.2, 0) is 4.74 Å².